The van der Waals surface area contributed by atoms with Crippen LogP contribution in [0.2, 0.25) is 0 Å². The molecule has 2 N–H and O–H groups in total. The first-order valence-electron chi connectivity index (χ1n) is 2.80. The van der Waals surface area contributed by atoms with Crippen molar-refractivity contribution in [3.05, 3.63) is 24.4 Å². The molecule has 0 saturated heterocycles. The predicted molar refractivity (Wildman–Crippen MR) is 37.2 cm³/mol. The molecule has 0 saturated carbocycles. The number of hydrogen-bond acceptors (Lipinski definition) is 4. The van der Waals surface area contributed by atoms with Gasteiger partial charge in [-0.15, -0.1) is 0 Å². The van der Waals surface area contributed by atoms with Gasteiger partial charge in [0.05, 0.1) is 0 Å². The monoisotopic (exact) mass is 177 g/mol. The van der Waals surface area contributed by atoms with Crippen molar-refractivity contribution < 1.29 is 18.2 Å². The topological polar surface area (TPSA) is 77.8 Å². The van der Waals surface area contributed by atoms with Gasteiger partial charge in [0, 0.05) is 6.20 Å². The lowest BCUT2D eigenvalue weighted by atomic mass is 10.4. The van der Waals surface area contributed by atoms with Crippen molar-refractivity contribution in [1.82, 2.24) is 5.06 Å². The van der Waals surface area contributed by atoms with Crippen molar-refractivity contribution in [3.8, 4) is 0 Å². The fraction of sp³-hybridized carbons (Fsp3) is 0.200. The van der Waals surface area contributed by atoms with Crippen LogP contribution in [-0.4, -0.2) is 28.6 Å². The molecule has 1 atom stereocenters. The Labute approximate surface area is 64.0 Å². The Morgan fingerprint density at radius 2 is 2.00 bits per heavy atom. The molecule has 0 amide bonds. The highest BCUT2D eigenvalue weighted by Crippen LogP contribution is 2.09. The molecule has 11 heavy (non-hydrogen) atoms. The molecule has 5 nitrogen and oxygen atoms in total. The van der Waals surface area contributed by atoms with Gasteiger partial charge in [-0.2, -0.15) is 8.42 Å². The second-order valence-corrected chi connectivity index (χ2v) is 3.52. The van der Waals surface area contributed by atoms with Gasteiger partial charge in [0.25, 0.3) is 10.1 Å². The summed E-state index contributed by atoms with van der Waals surface area (Å²) in [6.45, 7) is 0. The molecule has 1 rings (SSSR count). The third-order valence-electron chi connectivity index (χ3n) is 1.19. The van der Waals surface area contributed by atoms with E-state index in [0.29, 0.717) is 5.06 Å². The van der Waals surface area contributed by atoms with E-state index < -0.39 is 15.5 Å². The minimum Gasteiger partial charge on any atom is -0.287 e. The van der Waals surface area contributed by atoms with Crippen LogP contribution < -0.4 is 0 Å². The van der Waals surface area contributed by atoms with Crippen LogP contribution in [0.3, 0.4) is 0 Å². The molecule has 0 spiro atoms. The van der Waals surface area contributed by atoms with E-state index in [9.17, 15) is 8.42 Å². The number of nitrogens with zero attached hydrogens (tertiary/aromatic N) is 1. The summed E-state index contributed by atoms with van der Waals surface area (Å²) in [5, 5.41) is 7.89. The van der Waals surface area contributed by atoms with Crippen molar-refractivity contribution >= 4 is 10.1 Å². The summed E-state index contributed by atoms with van der Waals surface area (Å²) in [5.41, 5.74) is 0. The van der Waals surface area contributed by atoms with E-state index in [-0.39, 0.29) is 0 Å². The molecule has 1 aliphatic heterocycles. The lowest BCUT2D eigenvalue weighted by Crippen LogP contribution is -2.34. The average molecular weight is 177 g/mol. The van der Waals surface area contributed by atoms with Crippen molar-refractivity contribution in [2.75, 3.05) is 0 Å². The van der Waals surface area contributed by atoms with E-state index in [4.69, 9.17) is 9.76 Å². The van der Waals surface area contributed by atoms with Crippen LogP contribution in [0, 0.1) is 0 Å². The molecule has 0 radical (unpaired) electrons. The van der Waals surface area contributed by atoms with Gasteiger partial charge in [-0.3, -0.25) is 9.76 Å². The molecule has 1 aliphatic rings. The van der Waals surface area contributed by atoms with E-state index in [1.165, 1.54) is 12.2 Å². The Balaban J connectivity index is 2.91. The molecule has 1 unspecified atom stereocenters. The third kappa shape index (κ3) is 1.79. The first-order valence-corrected chi connectivity index (χ1v) is 4.30. The Morgan fingerprint density at radius 3 is 2.36 bits per heavy atom. The van der Waals surface area contributed by atoms with Crippen LogP contribution in [0.15, 0.2) is 24.4 Å². The summed E-state index contributed by atoms with van der Waals surface area (Å²) in [6.07, 6.45) is 5.17. The van der Waals surface area contributed by atoms with Crippen LogP contribution >= 0.6 is 0 Å². The molecule has 0 aromatic heterocycles. The first kappa shape index (κ1) is 8.25. The van der Waals surface area contributed by atoms with Crippen LogP contribution in [0.1, 0.15) is 0 Å². The highest BCUT2D eigenvalue weighted by molar-refractivity contribution is 7.86. The molecule has 6 heteroatoms. The summed E-state index contributed by atoms with van der Waals surface area (Å²) < 4.78 is 29.4. The summed E-state index contributed by atoms with van der Waals surface area (Å²) in [7, 11) is -4.24. The summed E-state index contributed by atoms with van der Waals surface area (Å²) >= 11 is 0. The number of allylic oxidation sites excluding steroid dienone is 2. The zero-order chi connectivity index (χ0) is 8.48. The summed E-state index contributed by atoms with van der Waals surface area (Å²) in [4.78, 5) is 0. The lowest BCUT2D eigenvalue weighted by Gasteiger charge is -2.20. The standard InChI is InChI=1S/C5H7NO4S/c7-6-4-2-1-3-5(6)11(8,9)10/h1-5,7H,(H,8,9,10). The van der Waals surface area contributed by atoms with E-state index in [2.05, 4.69) is 0 Å². The van der Waals surface area contributed by atoms with Gasteiger partial charge in [-0.25, -0.2) is 5.06 Å². The Bertz CT molecular complexity index is 292. The van der Waals surface area contributed by atoms with Crippen molar-refractivity contribution in [1.29, 1.82) is 0 Å². The molecular formula is C5H7NO4S. The fourth-order valence-electron chi connectivity index (χ4n) is 0.706. The van der Waals surface area contributed by atoms with Crippen LogP contribution in [0.5, 0.6) is 0 Å². The number of hydrogen-bond donors (Lipinski definition) is 2. The quantitative estimate of drug-likeness (QED) is 0.550. The van der Waals surface area contributed by atoms with Crippen molar-refractivity contribution in [3.63, 3.8) is 0 Å². The van der Waals surface area contributed by atoms with E-state index in [0.717, 1.165) is 12.3 Å². The van der Waals surface area contributed by atoms with Gasteiger partial charge in [-0.1, -0.05) is 6.08 Å². The van der Waals surface area contributed by atoms with E-state index in [1.54, 1.807) is 0 Å². The normalized spacial score (nSPS) is 24.2. The Hall–Kier alpha value is -0.850. The van der Waals surface area contributed by atoms with Gasteiger partial charge in [-0.05, 0) is 12.2 Å². The molecule has 0 aromatic rings. The van der Waals surface area contributed by atoms with Crippen LogP contribution in [-0.2, 0) is 10.1 Å². The first-order chi connectivity index (χ1) is 5.02. The SMILES string of the molecule is O=S(=O)(O)C1C=CC=CN1O. The summed E-state index contributed by atoms with van der Waals surface area (Å²) in [5.74, 6) is 0. The summed E-state index contributed by atoms with van der Waals surface area (Å²) in [6, 6.07) is 0. The molecule has 0 fully saturated rings. The molecule has 0 aromatic carbocycles. The van der Waals surface area contributed by atoms with Gasteiger partial charge in [0.15, 0.2) is 5.37 Å². The van der Waals surface area contributed by atoms with E-state index >= 15 is 0 Å². The maximum atomic E-state index is 10.5. The second kappa shape index (κ2) is 2.65. The molecule has 62 valence electrons. The Morgan fingerprint density at radius 1 is 1.36 bits per heavy atom. The molecule has 0 bridgehead atoms. The average Bonchev–Trinajstić information content (AvgIpc) is 1.86. The van der Waals surface area contributed by atoms with Gasteiger partial charge in [0.2, 0.25) is 0 Å². The highest BCUT2D eigenvalue weighted by atomic mass is 32.2. The smallest absolute Gasteiger partial charge is 0.287 e. The van der Waals surface area contributed by atoms with Crippen molar-refractivity contribution in [2.24, 2.45) is 0 Å². The van der Waals surface area contributed by atoms with Crippen LogP contribution in [0.4, 0.5) is 0 Å². The van der Waals surface area contributed by atoms with Gasteiger partial charge in [0.1, 0.15) is 0 Å². The number of hydroxylamine groups is 2. The maximum absolute atomic E-state index is 10.5. The fourth-order valence-corrected chi connectivity index (χ4v) is 1.34. The maximum Gasteiger partial charge on any atom is 0.292 e. The van der Waals surface area contributed by atoms with Crippen LogP contribution in [0.25, 0.3) is 0 Å². The predicted octanol–water partition coefficient (Wildman–Crippen LogP) is -0.0250. The molecule has 0 aliphatic carbocycles. The zero-order valence-corrected chi connectivity index (χ0v) is 6.27. The molecular weight excluding hydrogens is 170 g/mol. The largest absolute Gasteiger partial charge is 0.292 e. The minimum atomic E-state index is -4.24. The zero-order valence-electron chi connectivity index (χ0n) is 5.45. The van der Waals surface area contributed by atoms with Gasteiger partial charge >= 0.3 is 0 Å². The molecule has 1 heterocycles. The lowest BCUT2D eigenvalue weighted by molar-refractivity contribution is -0.0448. The van der Waals surface area contributed by atoms with E-state index in [1.807, 2.05) is 0 Å². The minimum absolute atomic E-state index is 0.412. The Kier molecular flexibility index (Phi) is 1.99. The number of rotatable bonds is 1. The highest BCUT2D eigenvalue weighted by Gasteiger charge is 2.25. The third-order valence-corrected chi connectivity index (χ3v) is 2.18. The van der Waals surface area contributed by atoms with Crippen molar-refractivity contribution in [2.45, 2.75) is 5.37 Å². The van der Waals surface area contributed by atoms with Gasteiger partial charge < -0.3 is 0 Å². The second-order valence-electron chi connectivity index (χ2n) is 2.01.